The summed E-state index contributed by atoms with van der Waals surface area (Å²) >= 11 is 0. The van der Waals surface area contributed by atoms with Gasteiger partial charge in [-0.2, -0.15) is 0 Å². The molecule has 1 unspecified atom stereocenters. The van der Waals surface area contributed by atoms with Crippen LogP contribution in [0.1, 0.15) is 39.5 Å². The lowest BCUT2D eigenvalue weighted by Crippen LogP contribution is -2.51. The lowest BCUT2D eigenvalue weighted by molar-refractivity contribution is -0.139. The second kappa shape index (κ2) is 5.89. The summed E-state index contributed by atoms with van der Waals surface area (Å²) in [6, 6.07) is -0.781. The van der Waals surface area contributed by atoms with Crippen molar-refractivity contribution in [3.63, 3.8) is 0 Å². The Balaban J connectivity index is 2.47. The van der Waals surface area contributed by atoms with Gasteiger partial charge in [0.25, 0.3) is 0 Å². The number of carboxylic acids is 1. The lowest BCUT2D eigenvalue weighted by Gasteiger charge is -2.35. The summed E-state index contributed by atoms with van der Waals surface area (Å²) in [6.45, 7) is 3.88. The summed E-state index contributed by atoms with van der Waals surface area (Å²) < 4.78 is 0. The molecule has 1 atom stereocenters. The molecule has 5 heteroatoms. The largest absolute Gasteiger partial charge is 0.480 e. The van der Waals surface area contributed by atoms with Crippen molar-refractivity contribution < 1.29 is 14.7 Å². The van der Waals surface area contributed by atoms with Gasteiger partial charge in [0, 0.05) is 13.1 Å². The van der Waals surface area contributed by atoms with E-state index in [1.165, 1.54) is 0 Å². The van der Waals surface area contributed by atoms with Gasteiger partial charge in [-0.1, -0.05) is 13.8 Å². The third-order valence-corrected chi connectivity index (χ3v) is 3.25. The Morgan fingerprint density at radius 1 is 1.41 bits per heavy atom. The van der Waals surface area contributed by atoms with Crippen molar-refractivity contribution in [2.75, 3.05) is 7.05 Å². The van der Waals surface area contributed by atoms with Gasteiger partial charge in [-0.15, -0.1) is 0 Å². The van der Waals surface area contributed by atoms with Crippen molar-refractivity contribution in [2.45, 2.75) is 51.6 Å². The predicted molar refractivity (Wildman–Crippen MR) is 64.8 cm³/mol. The summed E-state index contributed by atoms with van der Waals surface area (Å²) in [5.74, 6) is -0.723. The number of aliphatic carboxylic acids is 1. The van der Waals surface area contributed by atoms with Crippen molar-refractivity contribution in [1.29, 1.82) is 0 Å². The van der Waals surface area contributed by atoms with Gasteiger partial charge < -0.3 is 15.3 Å². The zero-order valence-corrected chi connectivity index (χ0v) is 10.8. The van der Waals surface area contributed by atoms with Crippen LogP contribution in [0.5, 0.6) is 0 Å². The first-order valence-corrected chi connectivity index (χ1v) is 6.18. The summed E-state index contributed by atoms with van der Waals surface area (Å²) in [4.78, 5) is 24.5. The first-order valence-electron chi connectivity index (χ1n) is 6.18. The fourth-order valence-corrected chi connectivity index (χ4v) is 1.88. The monoisotopic (exact) mass is 242 g/mol. The molecular weight excluding hydrogens is 220 g/mol. The first kappa shape index (κ1) is 13.8. The zero-order chi connectivity index (χ0) is 13.0. The average Bonchev–Trinajstić information content (AvgIpc) is 2.12. The van der Waals surface area contributed by atoms with Gasteiger partial charge in [0.2, 0.25) is 0 Å². The Morgan fingerprint density at radius 2 is 2.00 bits per heavy atom. The van der Waals surface area contributed by atoms with Gasteiger partial charge in [-0.25, -0.2) is 9.59 Å². The van der Waals surface area contributed by atoms with Crippen molar-refractivity contribution in [3.05, 3.63) is 0 Å². The quantitative estimate of drug-likeness (QED) is 0.770. The van der Waals surface area contributed by atoms with Crippen molar-refractivity contribution in [2.24, 2.45) is 5.92 Å². The van der Waals surface area contributed by atoms with Crippen LogP contribution in [0.15, 0.2) is 0 Å². The Bertz CT molecular complexity index is 287. The van der Waals surface area contributed by atoms with Gasteiger partial charge in [-0.3, -0.25) is 0 Å². The highest BCUT2D eigenvalue weighted by Gasteiger charge is 2.28. The third kappa shape index (κ3) is 3.91. The summed E-state index contributed by atoms with van der Waals surface area (Å²) in [7, 11) is 1.73. The molecule has 0 aromatic rings. The van der Waals surface area contributed by atoms with E-state index < -0.39 is 12.0 Å². The Morgan fingerprint density at radius 3 is 2.35 bits per heavy atom. The van der Waals surface area contributed by atoms with E-state index in [1.54, 1.807) is 11.9 Å². The van der Waals surface area contributed by atoms with Gasteiger partial charge in [-0.05, 0) is 31.6 Å². The second-order valence-electron chi connectivity index (χ2n) is 5.17. The molecule has 0 aliphatic heterocycles. The summed E-state index contributed by atoms with van der Waals surface area (Å²) in [6.07, 6.45) is 3.65. The van der Waals surface area contributed by atoms with E-state index in [1.807, 2.05) is 13.8 Å². The summed E-state index contributed by atoms with van der Waals surface area (Å²) in [5.41, 5.74) is 0. The van der Waals surface area contributed by atoms with Crippen LogP contribution in [0.4, 0.5) is 4.79 Å². The van der Waals surface area contributed by atoms with Gasteiger partial charge >= 0.3 is 12.0 Å². The molecule has 2 N–H and O–H groups in total. The van der Waals surface area contributed by atoms with Gasteiger partial charge in [0.05, 0.1) is 0 Å². The molecule has 0 bridgehead atoms. The van der Waals surface area contributed by atoms with Gasteiger partial charge in [0.15, 0.2) is 0 Å². The molecule has 17 heavy (non-hydrogen) atoms. The molecule has 0 aromatic carbocycles. The van der Waals surface area contributed by atoms with Crippen LogP contribution in [0.3, 0.4) is 0 Å². The fourth-order valence-electron chi connectivity index (χ4n) is 1.88. The van der Waals surface area contributed by atoms with E-state index in [9.17, 15) is 9.59 Å². The molecule has 1 rings (SSSR count). The number of rotatable bonds is 5. The molecule has 0 heterocycles. The van der Waals surface area contributed by atoms with Crippen molar-refractivity contribution >= 4 is 12.0 Å². The number of hydrogen-bond acceptors (Lipinski definition) is 2. The summed E-state index contributed by atoms with van der Waals surface area (Å²) in [5, 5.41) is 11.6. The Kier molecular flexibility index (Phi) is 4.78. The normalized spacial score (nSPS) is 17.4. The average molecular weight is 242 g/mol. The minimum atomic E-state index is -0.964. The van der Waals surface area contributed by atoms with Crippen LogP contribution in [0, 0.1) is 5.92 Å². The van der Waals surface area contributed by atoms with Crippen LogP contribution in [0.2, 0.25) is 0 Å². The number of urea groups is 1. The van der Waals surface area contributed by atoms with E-state index in [0.29, 0.717) is 6.42 Å². The number of carbonyl (C=O) groups is 2. The number of carboxylic acid groups (broad SMARTS) is 1. The molecule has 0 saturated heterocycles. The Labute approximate surface area is 102 Å². The van der Waals surface area contributed by atoms with E-state index in [4.69, 9.17) is 5.11 Å². The number of amides is 2. The molecule has 98 valence electrons. The van der Waals surface area contributed by atoms with E-state index in [-0.39, 0.29) is 18.0 Å². The van der Waals surface area contributed by atoms with Crippen LogP contribution in [-0.2, 0) is 4.79 Å². The number of carbonyl (C=O) groups excluding carboxylic acids is 1. The predicted octanol–water partition coefficient (Wildman–Crippen LogP) is 1.68. The lowest BCUT2D eigenvalue weighted by atomic mass is 9.92. The second-order valence-corrected chi connectivity index (χ2v) is 5.17. The third-order valence-electron chi connectivity index (χ3n) is 3.25. The molecule has 1 fully saturated rings. The number of hydrogen-bond donors (Lipinski definition) is 2. The van der Waals surface area contributed by atoms with E-state index in [0.717, 1.165) is 19.3 Å². The minimum absolute atomic E-state index is 0.241. The van der Waals surface area contributed by atoms with Crippen molar-refractivity contribution in [1.82, 2.24) is 10.2 Å². The van der Waals surface area contributed by atoms with Crippen LogP contribution in [0.25, 0.3) is 0 Å². The molecule has 0 spiro atoms. The molecule has 0 radical (unpaired) electrons. The smallest absolute Gasteiger partial charge is 0.326 e. The fraction of sp³-hybridized carbons (Fsp3) is 0.833. The maximum absolute atomic E-state index is 11.8. The minimum Gasteiger partial charge on any atom is -0.480 e. The standard InChI is InChI=1S/C12H22N2O3/c1-8(2)7-10(11(15)16)13-12(17)14(3)9-5-4-6-9/h8-10H,4-7H2,1-3H3,(H,13,17)(H,15,16). The van der Waals surface area contributed by atoms with E-state index >= 15 is 0 Å². The highest BCUT2D eigenvalue weighted by atomic mass is 16.4. The zero-order valence-electron chi connectivity index (χ0n) is 10.8. The topological polar surface area (TPSA) is 69.6 Å². The highest BCUT2D eigenvalue weighted by Crippen LogP contribution is 2.23. The Hall–Kier alpha value is -1.26. The SMILES string of the molecule is CC(C)CC(NC(=O)N(C)C1CCC1)C(=O)O. The molecule has 1 aliphatic carbocycles. The number of nitrogens with zero attached hydrogens (tertiary/aromatic N) is 1. The van der Waals surface area contributed by atoms with Crippen LogP contribution < -0.4 is 5.32 Å². The van der Waals surface area contributed by atoms with Crippen LogP contribution in [-0.4, -0.2) is 41.1 Å². The van der Waals surface area contributed by atoms with Crippen molar-refractivity contribution in [3.8, 4) is 0 Å². The molecule has 0 aromatic heterocycles. The molecular formula is C12H22N2O3. The molecule has 1 aliphatic rings. The van der Waals surface area contributed by atoms with Crippen LogP contribution >= 0.6 is 0 Å². The molecule has 5 nitrogen and oxygen atoms in total. The highest BCUT2D eigenvalue weighted by molar-refractivity contribution is 5.82. The first-order chi connectivity index (χ1) is 7.91. The molecule has 1 saturated carbocycles. The number of nitrogens with one attached hydrogen (secondary N) is 1. The maximum Gasteiger partial charge on any atom is 0.326 e. The maximum atomic E-state index is 11.8. The van der Waals surface area contributed by atoms with E-state index in [2.05, 4.69) is 5.32 Å². The van der Waals surface area contributed by atoms with Gasteiger partial charge in [0.1, 0.15) is 6.04 Å². The molecule has 2 amide bonds.